The fourth-order valence-corrected chi connectivity index (χ4v) is 3.57. The molecule has 2 aliphatic rings. The molecule has 0 bridgehead atoms. The van der Waals surface area contributed by atoms with E-state index in [0.29, 0.717) is 23.0 Å². The summed E-state index contributed by atoms with van der Waals surface area (Å²) in [5, 5.41) is 18.9. The second-order valence-electron chi connectivity index (χ2n) is 6.79. The minimum atomic E-state index is -0.967. The SMILES string of the molecule is COc1c2c(cc3c1[C@H](C#CCOc1ccc([NH+]([O-])O)cc1)N(C)CC3)OCO2. The molecule has 2 heterocycles. The highest BCUT2D eigenvalue weighted by molar-refractivity contribution is 5.62. The van der Waals surface area contributed by atoms with Crippen LogP contribution in [0.15, 0.2) is 30.3 Å². The third-order valence-electron chi connectivity index (χ3n) is 5.05. The highest BCUT2D eigenvalue weighted by Gasteiger charge is 2.33. The van der Waals surface area contributed by atoms with Gasteiger partial charge in [0.05, 0.1) is 7.11 Å². The highest BCUT2D eigenvalue weighted by atomic mass is 16.8. The molecule has 0 spiro atoms. The van der Waals surface area contributed by atoms with Gasteiger partial charge in [0.1, 0.15) is 18.4 Å². The maximum atomic E-state index is 10.9. The molecule has 0 saturated carbocycles. The first-order valence-electron chi connectivity index (χ1n) is 9.22. The fraction of sp³-hybridized carbons (Fsp3) is 0.333. The predicted molar refractivity (Wildman–Crippen MR) is 104 cm³/mol. The van der Waals surface area contributed by atoms with E-state index < -0.39 is 5.23 Å². The number of hydrogen-bond donors (Lipinski definition) is 2. The third kappa shape index (κ3) is 3.81. The lowest BCUT2D eigenvalue weighted by Gasteiger charge is -2.32. The van der Waals surface area contributed by atoms with Gasteiger partial charge in [-0.3, -0.25) is 4.90 Å². The maximum absolute atomic E-state index is 10.9. The molecular formula is C21H22N2O6. The standard InChI is InChI=1S/C21H22N2O6/c1-22-10-9-14-12-18-20(29-13-28-18)21(26-2)19(14)17(22)4-3-11-27-16-7-5-15(6-8-16)23(24)25/h5-8,12,17,23-24H,9-11,13H2,1-2H3/t17-/m0/s1. The normalized spacial score (nSPS) is 18.4. The molecule has 29 heavy (non-hydrogen) atoms. The van der Waals surface area contributed by atoms with Crippen LogP contribution in [0.1, 0.15) is 17.2 Å². The van der Waals surface area contributed by atoms with Crippen LogP contribution in [0.2, 0.25) is 0 Å². The van der Waals surface area contributed by atoms with Crippen molar-refractivity contribution >= 4 is 5.69 Å². The van der Waals surface area contributed by atoms with Crippen molar-refractivity contribution in [2.24, 2.45) is 0 Å². The second-order valence-corrected chi connectivity index (χ2v) is 6.79. The fourth-order valence-electron chi connectivity index (χ4n) is 3.57. The summed E-state index contributed by atoms with van der Waals surface area (Å²) in [5.41, 5.74) is 2.37. The van der Waals surface area contributed by atoms with Crippen LogP contribution in [0.3, 0.4) is 0 Å². The van der Waals surface area contributed by atoms with Crippen LogP contribution in [0.5, 0.6) is 23.0 Å². The van der Waals surface area contributed by atoms with Gasteiger partial charge in [0.25, 0.3) is 0 Å². The molecule has 0 amide bonds. The molecule has 2 aliphatic heterocycles. The van der Waals surface area contributed by atoms with E-state index >= 15 is 0 Å². The van der Waals surface area contributed by atoms with Crippen LogP contribution >= 0.6 is 0 Å². The maximum Gasteiger partial charge on any atom is 0.231 e. The van der Waals surface area contributed by atoms with Crippen LogP contribution in [0.4, 0.5) is 5.69 Å². The first kappa shape index (κ1) is 19.4. The van der Waals surface area contributed by atoms with Crippen molar-refractivity contribution in [2.45, 2.75) is 12.5 Å². The number of quaternary nitrogens is 1. The molecule has 0 saturated heterocycles. The Morgan fingerprint density at radius 2 is 2.10 bits per heavy atom. The number of likely N-dealkylation sites (N-methyl/N-ethyl adjacent to an activating group) is 1. The molecule has 8 heteroatoms. The Morgan fingerprint density at radius 3 is 2.83 bits per heavy atom. The number of nitrogens with one attached hydrogen (secondary N) is 1. The van der Waals surface area contributed by atoms with Crippen LogP contribution in [-0.4, -0.2) is 44.2 Å². The molecule has 0 fully saturated rings. The van der Waals surface area contributed by atoms with Crippen molar-refractivity contribution in [1.82, 2.24) is 4.90 Å². The zero-order chi connectivity index (χ0) is 20.4. The summed E-state index contributed by atoms with van der Waals surface area (Å²) >= 11 is 0. The topological polar surface area (TPSA) is 87.9 Å². The smallest absolute Gasteiger partial charge is 0.231 e. The van der Waals surface area contributed by atoms with Gasteiger partial charge in [-0.2, -0.15) is 5.23 Å². The number of methoxy groups -OCH3 is 1. The Morgan fingerprint density at radius 1 is 1.31 bits per heavy atom. The summed E-state index contributed by atoms with van der Waals surface area (Å²) in [6.07, 6.45) is 0.878. The van der Waals surface area contributed by atoms with E-state index in [1.807, 2.05) is 13.1 Å². The molecule has 0 aromatic heterocycles. The van der Waals surface area contributed by atoms with Crippen molar-refractivity contribution in [3.8, 4) is 34.8 Å². The quantitative estimate of drug-likeness (QED) is 0.595. The van der Waals surface area contributed by atoms with Crippen LogP contribution in [0, 0.1) is 17.0 Å². The molecule has 2 aromatic carbocycles. The largest absolute Gasteiger partial charge is 0.595 e. The number of nitrogens with zero attached hydrogens (tertiary/aromatic N) is 1. The van der Waals surface area contributed by atoms with Gasteiger partial charge < -0.3 is 24.2 Å². The number of ether oxygens (including phenoxy) is 4. The highest BCUT2D eigenvalue weighted by Crippen LogP contribution is 2.49. The van der Waals surface area contributed by atoms with E-state index in [1.54, 1.807) is 19.2 Å². The number of hydrogen-bond acceptors (Lipinski definition) is 7. The summed E-state index contributed by atoms with van der Waals surface area (Å²) in [6.45, 7) is 1.25. The Labute approximate surface area is 168 Å². The second kappa shape index (κ2) is 8.19. The predicted octanol–water partition coefficient (Wildman–Crippen LogP) is 1.44. The van der Waals surface area contributed by atoms with E-state index in [-0.39, 0.29) is 25.1 Å². The Hall–Kier alpha value is -2.96. The average Bonchev–Trinajstić information content (AvgIpc) is 3.19. The average molecular weight is 398 g/mol. The number of rotatable bonds is 4. The molecule has 152 valence electrons. The first-order valence-corrected chi connectivity index (χ1v) is 9.22. The van der Waals surface area contributed by atoms with E-state index in [9.17, 15) is 5.21 Å². The van der Waals surface area contributed by atoms with Crippen molar-refractivity contribution in [2.75, 3.05) is 34.1 Å². The van der Waals surface area contributed by atoms with Gasteiger partial charge in [-0.1, -0.05) is 11.8 Å². The zero-order valence-electron chi connectivity index (χ0n) is 16.2. The Bertz CT molecular complexity index is 948. The van der Waals surface area contributed by atoms with E-state index in [1.165, 1.54) is 12.1 Å². The molecule has 1 unspecified atom stereocenters. The number of benzene rings is 2. The summed E-state index contributed by atoms with van der Waals surface area (Å²) in [4.78, 5) is 2.17. The van der Waals surface area contributed by atoms with Gasteiger partial charge in [-0.05, 0) is 37.2 Å². The lowest BCUT2D eigenvalue weighted by Crippen LogP contribution is -2.99. The van der Waals surface area contributed by atoms with Crippen molar-refractivity contribution in [1.29, 1.82) is 0 Å². The van der Waals surface area contributed by atoms with Gasteiger partial charge in [-0.25, -0.2) is 5.21 Å². The molecule has 0 aliphatic carbocycles. The molecule has 2 atom stereocenters. The van der Waals surface area contributed by atoms with Crippen LogP contribution < -0.4 is 24.2 Å². The van der Waals surface area contributed by atoms with E-state index in [0.717, 1.165) is 24.1 Å². The summed E-state index contributed by atoms with van der Waals surface area (Å²) in [5.74, 6) is 8.93. The minimum Gasteiger partial charge on any atom is -0.595 e. The molecule has 2 N–H and O–H groups in total. The van der Waals surface area contributed by atoms with Gasteiger partial charge in [-0.15, -0.1) is 0 Å². The molecule has 2 aromatic rings. The third-order valence-corrected chi connectivity index (χ3v) is 5.05. The monoisotopic (exact) mass is 398 g/mol. The van der Waals surface area contributed by atoms with Gasteiger partial charge in [0.15, 0.2) is 17.2 Å². The van der Waals surface area contributed by atoms with Crippen molar-refractivity contribution < 1.29 is 29.4 Å². The van der Waals surface area contributed by atoms with Gasteiger partial charge >= 0.3 is 0 Å². The van der Waals surface area contributed by atoms with E-state index in [2.05, 4.69) is 16.7 Å². The summed E-state index contributed by atoms with van der Waals surface area (Å²) in [7, 11) is 3.65. The number of fused-ring (bicyclic) bond motifs is 2. The lowest BCUT2D eigenvalue weighted by atomic mass is 9.91. The molecule has 8 nitrogen and oxygen atoms in total. The Kier molecular flexibility index (Phi) is 5.47. The van der Waals surface area contributed by atoms with Crippen LogP contribution in [-0.2, 0) is 6.42 Å². The van der Waals surface area contributed by atoms with Crippen molar-refractivity contribution in [3.63, 3.8) is 0 Å². The van der Waals surface area contributed by atoms with Crippen molar-refractivity contribution in [3.05, 3.63) is 46.7 Å². The van der Waals surface area contributed by atoms with Crippen LogP contribution in [0.25, 0.3) is 0 Å². The lowest BCUT2D eigenvalue weighted by molar-refractivity contribution is -0.991. The molecule has 4 rings (SSSR count). The molecule has 0 radical (unpaired) electrons. The van der Waals surface area contributed by atoms with E-state index in [4.69, 9.17) is 24.2 Å². The minimum absolute atomic E-state index is 0.152. The molecular weight excluding hydrogens is 376 g/mol. The first-order chi connectivity index (χ1) is 14.1. The summed E-state index contributed by atoms with van der Waals surface area (Å²) < 4.78 is 22.4. The van der Waals surface area contributed by atoms with Gasteiger partial charge in [0, 0.05) is 24.2 Å². The summed E-state index contributed by atoms with van der Waals surface area (Å²) in [6, 6.07) is 8.12. The van der Waals surface area contributed by atoms with Gasteiger partial charge in [0.2, 0.25) is 12.5 Å². The zero-order valence-corrected chi connectivity index (χ0v) is 16.2. The Balaban J connectivity index is 1.53.